The fraction of sp³-hybridized carbons (Fsp3) is 0.0588. The van der Waals surface area contributed by atoms with Crippen molar-refractivity contribution in [1.82, 2.24) is 0 Å². The zero-order valence-electron chi connectivity index (χ0n) is 10.6. The molecule has 19 heavy (non-hydrogen) atoms. The zero-order chi connectivity index (χ0) is 13.2. The number of rotatable bonds is 2. The molecule has 0 fully saturated rings. The summed E-state index contributed by atoms with van der Waals surface area (Å²) in [6.45, 7) is 0. The standard InChI is InChI=1S/C17H13FO/c1-19-16-8-4-7-15(17(16)18)14-10-9-12-5-2-3-6-13(12)11-14/h2-11H,1H3. The summed E-state index contributed by atoms with van der Waals surface area (Å²) < 4.78 is 19.3. The summed E-state index contributed by atoms with van der Waals surface area (Å²) in [4.78, 5) is 0. The van der Waals surface area contributed by atoms with Crippen LogP contribution in [-0.4, -0.2) is 7.11 Å². The smallest absolute Gasteiger partial charge is 0.172 e. The zero-order valence-corrected chi connectivity index (χ0v) is 10.6. The molecular weight excluding hydrogens is 239 g/mol. The van der Waals surface area contributed by atoms with E-state index < -0.39 is 0 Å². The summed E-state index contributed by atoms with van der Waals surface area (Å²) in [7, 11) is 1.47. The summed E-state index contributed by atoms with van der Waals surface area (Å²) in [5, 5.41) is 2.25. The molecule has 0 aliphatic rings. The normalized spacial score (nSPS) is 10.6. The average molecular weight is 252 g/mol. The molecule has 0 heterocycles. The van der Waals surface area contributed by atoms with Crippen LogP contribution in [0.4, 0.5) is 4.39 Å². The molecular formula is C17H13FO. The van der Waals surface area contributed by atoms with Gasteiger partial charge in [0.05, 0.1) is 7.11 Å². The van der Waals surface area contributed by atoms with E-state index in [4.69, 9.17) is 4.74 Å². The fourth-order valence-corrected chi connectivity index (χ4v) is 2.25. The molecule has 1 nitrogen and oxygen atoms in total. The van der Waals surface area contributed by atoms with Crippen LogP contribution < -0.4 is 4.74 Å². The minimum atomic E-state index is -0.319. The minimum Gasteiger partial charge on any atom is -0.494 e. The Balaban J connectivity index is 2.19. The Labute approximate surface area is 111 Å². The van der Waals surface area contributed by atoms with E-state index in [9.17, 15) is 4.39 Å². The van der Waals surface area contributed by atoms with Crippen molar-refractivity contribution >= 4 is 10.8 Å². The van der Waals surface area contributed by atoms with Gasteiger partial charge in [-0.15, -0.1) is 0 Å². The van der Waals surface area contributed by atoms with E-state index in [1.807, 2.05) is 42.5 Å². The second kappa shape index (κ2) is 4.73. The number of methoxy groups -OCH3 is 1. The molecule has 0 aromatic heterocycles. The lowest BCUT2D eigenvalue weighted by molar-refractivity contribution is 0.387. The predicted octanol–water partition coefficient (Wildman–Crippen LogP) is 4.65. The Morgan fingerprint density at radius 1 is 0.842 bits per heavy atom. The van der Waals surface area contributed by atoms with Crippen LogP contribution in [0.25, 0.3) is 21.9 Å². The van der Waals surface area contributed by atoms with Gasteiger partial charge in [-0.2, -0.15) is 0 Å². The largest absolute Gasteiger partial charge is 0.494 e. The second-order valence-corrected chi connectivity index (χ2v) is 4.38. The minimum absolute atomic E-state index is 0.269. The molecule has 2 heteroatoms. The van der Waals surface area contributed by atoms with Gasteiger partial charge < -0.3 is 4.74 Å². The van der Waals surface area contributed by atoms with Crippen LogP contribution in [0.15, 0.2) is 60.7 Å². The van der Waals surface area contributed by atoms with Crippen molar-refractivity contribution < 1.29 is 9.13 Å². The van der Waals surface area contributed by atoms with Crippen molar-refractivity contribution in [2.24, 2.45) is 0 Å². The van der Waals surface area contributed by atoms with Crippen LogP contribution in [-0.2, 0) is 0 Å². The van der Waals surface area contributed by atoms with Gasteiger partial charge >= 0.3 is 0 Å². The third-order valence-corrected chi connectivity index (χ3v) is 3.24. The van der Waals surface area contributed by atoms with Crippen LogP contribution in [0.5, 0.6) is 5.75 Å². The van der Waals surface area contributed by atoms with Crippen LogP contribution in [0.2, 0.25) is 0 Å². The molecule has 3 rings (SSSR count). The number of hydrogen-bond acceptors (Lipinski definition) is 1. The maximum Gasteiger partial charge on any atom is 0.172 e. The van der Waals surface area contributed by atoms with Crippen molar-refractivity contribution in [2.75, 3.05) is 7.11 Å². The lowest BCUT2D eigenvalue weighted by Gasteiger charge is -2.08. The lowest BCUT2D eigenvalue weighted by Crippen LogP contribution is -1.91. The highest BCUT2D eigenvalue weighted by atomic mass is 19.1. The van der Waals surface area contributed by atoms with Gasteiger partial charge in [-0.3, -0.25) is 0 Å². The summed E-state index contributed by atoms with van der Waals surface area (Å²) in [5.41, 5.74) is 1.42. The molecule has 0 saturated heterocycles. The van der Waals surface area contributed by atoms with Gasteiger partial charge in [0.25, 0.3) is 0 Å². The van der Waals surface area contributed by atoms with Gasteiger partial charge in [0.1, 0.15) is 0 Å². The molecule has 94 valence electrons. The van der Waals surface area contributed by atoms with Gasteiger partial charge in [0, 0.05) is 5.56 Å². The first kappa shape index (κ1) is 11.7. The molecule has 0 atom stereocenters. The van der Waals surface area contributed by atoms with Gasteiger partial charge in [-0.05, 0) is 28.5 Å². The molecule has 3 aromatic rings. The maximum atomic E-state index is 14.2. The fourth-order valence-electron chi connectivity index (χ4n) is 2.25. The molecule has 0 aliphatic carbocycles. The van der Waals surface area contributed by atoms with E-state index in [1.165, 1.54) is 7.11 Å². The molecule has 0 spiro atoms. The number of halogens is 1. The van der Waals surface area contributed by atoms with Gasteiger partial charge in [-0.25, -0.2) is 4.39 Å². The molecule has 0 amide bonds. The molecule has 0 radical (unpaired) electrons. The summed E-state index contributed by atoms with van der Waals surface area (Å²) in [6, 6.07) is 19.2. The SMILES string of the molecule is COc1cccc(-c2ccc3ccccc3c2)c1F. The summed E-state index contributed by atoms with van der Waals surface area (Å²) in [5.74, 6) is -0.0501. The monoisotopic (exact) mass is 252 g/mol. The molecule has 0 N–H and O–H groups in total. The summed E-state index contributed by atoms with van der Waals surface area (Å²) in [6.07, 6.45) is 0. The van der Waals surface area contributed by atoms with Crippen LogP contribution in [0, 0.1) is 5.82 Å². The third-order valence-electron chi connectivity index (χ3n) is 3.24. The second-order valence-electron chi connectivity index (χ2n) is 4.38. The van der Waals surface area contributed by atoms with Crippen molar-refractivity contribution in [2.45, 2.75) is 0 Å². The van der Waals surface area contributed by atoms with E-state index in [1.54, 1.807) is 18.2 Å². The van der Waals surface area contributed by atoms with E-state index in [-0.39, 0.29) is 11.6 Å². The Hall–Kier alpha value is -2.35. The Bertz CT molecular complexity index is 734. The Morgan fingerprint density at radius 3 is 2.42 bits per heavy atom. The summed E-state index contributed by atoms with van der Waals surface area (Å²) >= 11 is 0. The molecule has 3 aromatic carbocycles. The third kappa shape index (κ3) is 2.06. The van der Waals surface area contributed by atoms with Gasteiger partial charge in [0.2, 0.25) is 0 Å². The van der Waals surface area contributed by atoms with Crippen LogP contribution in [0.1, 0.15) is 0 Å². The Kier molecular flexibility index (Phi) is 2.92. The highest BCUT2D eigenvalue weighted by Crippen LogP contribution is 2.30. The first-order chi connectivity index (χ1) is 9.29. The van der Waals surface area contributed by atoms with E-state index in [2.05, 4.69) is 0 Å². The quantitative estimate of drug-likeness (QED) is 0.644. The first-order valence-corrected chi connectivity index (χ1v) is 6.11. The van der Waals surface area contributed by atoms with Crippen molar-refractivity contribution in [3.05, 3.63) is 66.5 Å². The number of benzene rings is 3. The predicted molar refractivity (Wildman–Crippen MR) is 75.9 cm³/mol. The lowest BCUT2D eigenvalue weighted by atomic mass is 10.0. The van der Waals surface area contributed by atoms with Crippen molar-refractivity contribution in [3.63, 3.8) is 0 Å². The van der Waals surface area contributed by atoms with E-state index in [0.29, 0.717) is 5.56 Å². The number of hydrogen-bond donors (Lipinski definition) is 0. The maximum absolute atomic E-state index is 14.2. The van der Waals surface area contributed by atoms with Crippen molar-refractivity contribution in [1.29, 1.82) is 0 Å². The Morgan fingerprint density at radius 2 is 1.63 bits per heavy atom. The molecule has 0 bridgehead atoms. The first-order valence-electron chi connectivity index (χ1n) is 6.11. The van der Waals surface area contributed by atoms with Gasteiger partial charge in [0.15, 0.2) is 11.6 Å². The van der Waals surface area contributed by atoms with Gasteiger partial charge in [-0.1, -0.05) is 48.5 Å². The average Bonchev–Trinajstić information content (AvgIpc) is 2.47. The highest BCUT2D eigenvalue weighted by Gasteiger charge is 2.10. The van der Waals surface area contributed by atoms with Crippen molar-refractivity contribution in [3.8, 4) is 16.9 Å². The molecule has 0 unspecified atom stereocenters. The highest BCUT2D eigenvalue weighted by molar-refractivity contribution is 5.87. The van der Waals surface area contributed by atoms with Crippen LogP contribution in [0.3, 0.4) is 0 Å². The van der Waals surface area contributed by atoms with Crippen LogP contribution >= 0.6 is 0 Å². The van der Waals surface area contributed by atoms with E-state index >= 15 is 0 Å². The number of fused-ring (bicyclic) bond motifs is 1. The topological polar surface area (TPSA) is 9.23 Å². The molecule has 0 aliphatic heterocycles. The van der Waals surface area contributed by atoms with E-state index in [0.717, 1.165) is 16.3 Å². The molecule has 0 saturated carbocycles. The number of ether oxygens (including phenoxy) is 1.